The van der Waals surface area contributed by atoms with Gasteiger partial charge in [0.1, 0.15) is 0 Å². The number of nitrogens with zero attached hydrogens (tertiary/aromatic N) is 1. The predicted octanol–water partition coefficient (Wildman–Crippen LogP) is 2.09. The zero-order valence-corrected chi connectivity index (χ0v) is 7.41. The maximum absolute atomic E-state index is 5.78. The first-order valence-electron chi connectivity index (χ1n) is 4.05. The van der Waals surface area contributed by atoms with Crippen LogP contribution in [-0.2, 0) is 0 Å². The Bertz CT molecular complexity index is 201. The first-order valence-corrected chi connectivity index (χ1v) is 4.05. The average Bonchev–Trinajstić information content (AvgIpc) is 2.32. The second-order valence-corrected chi connectivity index (χ2v) is 3.22. The van der Waals surface area contributed by atoms with Crippen molar-refractivity contribution < 1.29 is 0 Å². The summed E-state index contributed by atoms with van der Waals surface area (Å²) in [7, 11) is 0. The lowest BCUT2D eigenvalue weighted by molar-refractivity contribution is 0.555. The molecule has 2 N–H and O–H groups in total. The number of hydrogen-bond donors (Lipinski definition) is 1. The summed E-state index contributed by atoms with van der Waals surface area (Å²) in [5.41, 5.74) is 6.98. The summed E-state index contributed by atoms with van der Waals surface area (Å²) < 4.78 is 2.20. The third kappa shape index (κ3) is 1.63. The van der Waals surface area contributed by atoms with Crippen LogP contribution in [0.2, 0.25) is 0 Å². The van der Waals surface area contributed by atoms with Crippen molar-refractivity contribution in [1.29, 1.82) is 0 Å². The molecule has 0 spiro atoms. The van der Waals surface area contributed by atoms with E-state index in [9.17, 15) is 0 Å². The Kier molecular flexibility index (Phi) is 2.35. The van der Waals surface area contributed by atoms with Crippen LogP contribution in [0.25, 0.3) is 0 Å². The van der Waals surface area contributed by atoms with Gasteiger partial charge in [-0.2, -0.15) is 0 Å². The summed E-state index contributed by atoms with van der Waals surface area (Å²) >= 11 is 0. The molecular formula is C9H16N2. The monoisotopic (exact) mass is 152 g/mol. The molecular weight excluding hydrogens is 136 g/mol. The van der Waals surface area contributed by atoms with Gasteiger partial charge >= 0.3 is 0 Å². The molecule has 0 radical (unpaired) electrons. The fraction of sp³-hybridized carbons (Fsp3) is 0.556. The van der Waals surface area contributed by atoms with Crippen LogP contribution in [-0.4, -0.2) is 4.57 Å². The lowest BCUT2D eigenvalue weighted by Gasteiger charge is -2.14. The van der Waals surface area contributed by atoms with Gasteiger partial charge in [-0.25, -0.2) is 0 Å². The van der Waals surface area contributed by atoms with Gasteiger partial charge < -0.3 is 10.3 Å². The van der Waals surface area contributed by atoms with E-state index in [1.807, 2.05) is 13.0 Å². The molecule has 0 amide bonds. The largest absolute Gasteiger partial charge is 0.348 e. The lowest BCUT2D eigenvalue weighted by atomic mass is 10.2. The van der Waals surface area contributed by atoms with Crippen LogP contribution in [0.3, 0.4) is 0 Å². The molecule has 2 nitrogen and oxygen atoms in total. The highest BCUT2D eigenvalue weighted by Gasteiger charge is 2.06. The van der Waals surface area contributed by atoms with Crippen molar-refractivity contribution in [2.24, 2.45) is 5.73 Å². The Morgan fingerprint density at radius 2 is 2.00 bits per heavy atom. The number of aromatic nitrogens is 1. The third-order valence-corrected chi connectivity index (χ3v) is 1.83. The van der Waals surface area contributed by atoms with E-state index >= 15 is 0 Å². The molecule has 1 aromatic heterocycles. The summed E-state index contributed by atoms with van der Waals surface area (Å²) in [6.45, 7) is 6.33. The van der Waals surface area contributed by atoms with Crippen molar-refractivity contribution >= 4 is 0 Å². The molecule has 0 saturated heterocycles. The van der Waals surface area contributed by atoms with Gasteiger partial charge in [0.05, 0.1) is 0 Å². The predicted molar refractivity (Wildman–Crippen MR) is 47.4 cm³/mol. The van der Waals surface area contributed by atoms with Crippen molar-refractivity contribution in [3.63, 3.8) is 0 Å². The van der Waals surface area contributed by atoms with Crippen molar-refractivity contribution in [3.8, 4) is 0 Å². The molecule has 1 aromatic rings. The molecule has 1 heterocycles. The van der Waals surface area contributed by atoms with Gasteiger partial charge in [0.2, 0.25) is 0 Å². The quantitative estimate of drug-likeness (QED) is 0.691. The smallest absolute Gasteiger partial charge is 0.0421 e. The average molecular weight is 152 g/mol. The standard InChI is InChI=1S/C9H16N2/c1-7(2)11-6-4-5-9(11)8(3)10/h4-8H,10H2,1-3H3/t8-/m1/s1. The van der Waals surface area contributed by atoms with Gasteiger partial charge in [-0.15, -0.1) is 0 Å². The van der Waals surface area contributed by atoms with E-state index in [0.717, 1.165) is 0 Å². The van der Waals surface area contributed by atoms with E-state index in [2.05, 4.69) is 30.7 Å². The summed E-state index contributed by atoms with van der Waals surface area (Å²) in [6.07, 6.45) is 2.07. The Morgan fingerprint density at radius 1 is 1.36 bits per heavy atom. The molecule has 1 rings (SSSR count). The molecule has 0 aliphatic heterocycles. The SMILES string of the molecule is CC(C)n1cccc1[C@@H](C)N. The second kappa shape index (κ2) is 3.09. The Labute approximate surface area is 68.0 Å². The van der Waals surface area contributed by atoms with Crippen molar-refractivity contribution in [1.82, 2.24) is 4.57 Å². The van der Waals surface area contributed by atoms with Gasteiger partial charge in [0.15, 0.2) is 0 Å². The minimum absolute atomic E-state index is 0.132. The maximum atomic E-state index is 5.78. The van der Waals surface area contributed by atoms with Gasteiger partial charge in [0.25, 0.3) is 0 Å². The molecule has 0 bridgehead atoms. The van der Waals surface area contributed by atoms with Crippen molar-refractivity contribution in [2.75, 3.05) is 0 Å². The number of rotatable bonds is 2. The minimum atomic E-state index is 0.132. The highest BCUT2D eigenvalue weighted by Crippen LogP contribution is 2.15. The Hall–Kier alpha value is -0.760. The Balaban J connectivity index is 2.96. The van der Waals surface area contributed by atoms with E-state index in [4.69, 9.17) is 5.73 Å². The van der Waals surface area contributed by atoms with Crippen molar-refractivity contribution in [3.05, 3.63) is 24.0 Å². The van der Waals surface area contributed by atoms with Crippen LogP contribution in [0.4, 0.5) is 0 Å². The molecule has 0 aliphatic carbocycles. The minimum Gasteiger partial charge on any atom is -0.348 e. The zero-order chi connectivity index (χ0) is 8.43. The molecule has 1 atom stereocenters. The summed E-state index contributed by atoms with van der Waals surface area (Å²) in [5, 5.41) is 0. The molecule has 0 saturated carbocycles. The molecule has 2 heteroatoms. The summed E-state index contributed by atoms with van der Waals surface area (Å²) in [5.74, 6) is 0. The first-order chi connectivity index (χ1) is 5.13. The topological polar surface area (TPSA) is 30.9 Å². The second-order valence-electron chi connectivity index (χ2n) is 3.22. The van der Waals surface area contributed by atoms with Crippen LogP contribution in [0.15, 0.2) is 18.3 Å². The highest BCUT2D eigenvalue weighted by atomic mass is 15.0. The van der Waals surface area contributed by atoms with E-state index in [1.54, 1.807) is 0 Å². The van der Waals surface area contributed by atoms with Gasteiger partial charge in [-0.1, -0.05) is 0 Å². The fourth-order valence-corrected chi connectivity index (χ4v) is 1.26. The number of nitrogens with two attached hydrogens (primary N) is 1. The van der Waals surface area contributed by atoms with E-state index in [1.165, 1.54) is 5.69 Å². The Morgan fingerprint density at radius 3 is 2.36 bits per heavy atom. The van der Waals surface area contributed by atoms with E-state index < -0.39 is 0 Å². The molecule has 62 valence electrons. The number of hydrogen-bond acceptors (Lipinski definition) is 1. The molecule has 11 heavy (non-hydrogen) atoms. The van der Waals surface area contributed by atoms with Crippen LogP contribution in [0.1, 0.15) is 38.5 Å². The molecule has 0 fully saturated rings. The molecule has 0 aromatic carbocycles. The highest BCUT2D eigenvalue weighted by molar-refractivity contribution is 5.11. The summed E-state index contributed by atoms with van der Waals surface area (Å²) in [6, 6.07) is 4.75. The first kappa shape index (κ1) is 8.34. The third-order valence-electron chi connectivity index (χ3n) is 1.83. The van der Waals surface area contributed by atoms with E-state index in [-0.39, 0.29) is 6.04 Å². The normalized spacial score (nSPS) is 13.9. The molecule has 0 unspecified atom stereocenters. The van der Waals surface area contributed by atoms with E-state index in [0.29, 0.717) is 6.04 Å². The van der Waals surface area contributed by atoms with Crippen LogP contribution < -0.4 is 5.73 Å². The van der Waals surface area contributed by atoms with Gasteiger partial charge in [-0.3, -0.25) is 0 Å². The zero-order valence-electron chi connectivity index (χ0n) is 7.41. The van der Waals surface area contributed by atoms with Crippen LogP contribution in [0.5, 0.6) is 0 Å². The summed E-state index contributed by atoms with van der Waals surface area (Å²) in [4.78, 5) is 0. The fourth-order valence-electron chi connectivity index (χ4n) is 1.26. The van der Waals surface area contributed by atoms with Crippen LogP contribution >= 0.6 is 0 Å². The van der Waals surface area contributed by atoms with Crippen molar-refractivity contribution in [2.45, 2.75) is 32.9 Å². The van der Waals surface area contributed by atoms with Crippen LogP contribution in [0, 0.1) is 0 Å². The van der Waals surface area contributed by atoms with Gasteiger partial charge in [-0.05, 0) is 32.9 Å². The molecule has 0 aliphatic rings. The maximum Gasteiger partial charge on any atom is 0.0421 e. The lowest BCUT2D eigenvalue weighted by Crippen LogP contribution is -2.12. The van der Waals surface area contributed by atoms with Gasteiger partial charge in [0, 0.05) is 24.0 Å².